The van der Waals surface area contributed by atoms with Gasteiger partial charge in [0.2, 0.25) is 6.29 Å². The highest BCUT2D eigenvalue weighted by Crippen LogP contribution is 2.39. The maximum Gasteiger partial charge on any atom is 0.304 e. The Labute approximate surface area is 88.6 Å². The maximum atomic E-state index is 10.8. The van der Waals surface area contributed by atoms with Crippen LogP contribution in [0.25, 0.3) is 0 Å². The van der Waals surface area contributed by atoms with Gasteiger partial charge in [-0.05, 0) is 13.8 Å². The van der Waals surface area contributed by atoms with Crippen molar-refractivity contribution < 1.29 is 23.7 Å². The first-order valence-corrected chi connectivity index (χ1v) is 5.04. The first-order chi connectivity index (χ1) is 6.91. The Hall–Kier alpha value is -0.650. The lowest BCUT2D eigenvalue weighted by atomic mass is 10.0. The second-order valence-electron chi connectivity index (χ2n) is 4.53. The summed E-state index contributed by atoms with van der Waals surface area (Å²) in [7, 11) is 0. The van der Waals surface area contributed by atoms with E-state index in [0.717, 1.165) is 0 Å². The summed E-state index contributed by atoms with van der Waals surface area (Å²) in [5.41, 5.74) is -0.441. The number of ether oxygens (including phenoxy) is 4. The highest BCUT2D eigenvalue weighted by atomic mass is 16.8. The van der Waals surface area contributed by atoms with E-state index in [0.29, 0.717) is 19.6 Å². The molecule has 2 rings (SSSR count). The minimum Gasteiger partial charge on any atom is -0.436 e. The molecule has 15 heavy (non-hydrogen) atoms. The fourth-order valence-electron chi connectivity index (χ4n) is 1.98. The summed E-state index contributed by atoms with van der Waals surface area (Å²) in [4.78, 5) is 10.8. The van der Waals surface area contributed by atoms with Crippen molar-refractivity contribution in [2.75, 3.05) is 13.2 Å². The molecule has 2 aliphatic heterocycles. The largest absolute Gasteiger partial charge is 0.436 e. The molecule has 0 aromatic rings. The molecule has 5 nitrogen and oxygen atoms in total. The number of esters is 1. The zero-order valence-corrected chi connectivity index (χ0v) is 9.24. The van der Waals surface area contributed by atoms with Crippen LogP contribution < -0.4 is 0 Å². The first-order valence-electron chi connectivity index (χ1n) is 5.04. The topological polar surface area (TPSA) is 54.0 Å². The fourth-order valence-corrected chi connectivity index (χ4v) is 1.98. The van der Waals surface area contributed by atoms with Crippen LogP contribution in [0.4, 0.5) is 0 Å². The van der Waals surface area contributed by atoms with E-state index in [1.54, 1.807) is 0 Å². The van der Waals surface area contributed by atoms with Crippen LogP contribution in [0.2, 0.25) is 0 Å². The van der Waals surface area contributed by atoms with E-state index in [-0.39, 0.29) is 5.97 Å². The summed E-state index contributed by atoms with van der Waals surface area (Å²) >= 11 is 0. The third kappa shape index (κ3) is 2.30. The smallest absolute Gasteiger partial charge is 0.304 e. The lowest BCUT2D eigenvalue weighted by Gasteiger charge is -2.22. The van der Waals surface area contributed by atoms with Gasteiger partial charge in [-0.15, -0.1) is 0 Å². The average molecular weight is 216 g/mol. The molecule has 0 aliphatic carbocycles. The van der Waals surface area contributed by atoms with Gasteiger partial charge in [-0.1, -0.05) is 0 Å². The van der Waals surface area contributed by atoms with Gasteiger partial charge in [-0.3, -0.25) is 4.79 Å². The third-order valence-electron chi connectivity index (χ3n) is 2.51. The Kier molecular flexibility index (Phi) is 2.48. The number of hydrogen-bond acceptors (Lipinski definition) is 5. The SMILES string of the molecule is CC(=O)OC1C[C@@]2(CO1)COC(C)(C)O2. The van der Waals surface area contributed by atoms with Crippen molar-refractivity contribution in [1.29, 1.82) is 0 Å². The third-order valence-corrected chi connectivity index (χ3v) is 2.51. The molecule has 2 aliphatic rings. The number of rotatable bonds is 1. The Morgan fingerprint density at radius 2 is 2.13 bits per heavy atom. The number of hydrogen-bond donors (Lipinski definition) is 0. The van der Waals surface area contributed by atoms with Crippen LogP contribution in [0.15, 0.2) is 0 Å². The van der Waals surface area contributed by atoms with Crippen LogP contribution >= 0.6 is 0 Å². The molecule has 0 saturated carbocycles. The van der Waals surface area contributed by atoms with Gasteiger partial charge in [0.05, 0.1) is 13.2 Å². The van der Waals surface area contributed by atoms with Gasteiger partial charge >= 0.3 is 5.97 Å². The Morgan fingerprint density at radius 1 is 1.40 bits per heavy atom. The van der Waals surface area contributed by atoms with Crippen molar-refractivity contribution in [2.24, 2.45) is 0 Å². The Bertz CT molecular complexity index is 275. The monoisotopic (exact) mass is 216 g/mol. The maximum absolute atomic E-state index is 10.8. The number of carbonyl (C=O) groups is 1. The van der Waals surface area contributed by atoms with Crippen molar-refractivity contribution in [3.05, 3.63) is 0 Å². The van der Waals surface area contributed by atoms with Crippen molar-refractivity contribution >= 4 is 5.97 Å². The molecule has 2 fully saturated rings. The van der Waals surface area contributed by atoms with E-state index in [1.165, 1.54) is 6.92 Å². The molecular weight excluding hydrogens is 200 g/mol. The molecule has 1 spiro atoms. The van der Waals surface area contributed by atoms with Gasteiger partial charge < -0.3 is 18.9 Å². The van der Waals surface area contributed by atoms with E-state index < -0.39 is 17.7 Å². The minimum atomic E-state index is -0.575. The summed E-state index contributed by atoms with van der Waals surface area (Å²) in [5.74, 6) is -0.913. The van der Waals surface area contributed by atoms with E-state index in [4.69, 9.17) is 18.9 Å². The van der Waals surface area contributed by atoms with Crippen molar-refractivity contribution in [3.8, 4) is 0 Å². The second-order valence-corrected chi connectivity index (χ2v) is 4.53. The van der Waals surface area contributed by atoms with Crippen LogP contribution in [0.1, 0.15) is 27.2 Å². The second kappa shape index (κ2) is 3.43. The van der Waals surface area contributed by atoms with Gasteiger partial charge in [0.15, 0.2) is 5.79 Å². The van der Waals surface area contributed by atoms with Crippen molar-refractivity contribution in [2.45, 2.75) is 44.9 Å². The summed E-state index contributed by atoms with van der Waals surface area (Å²) in [6.07, 6.45) is 0.0377. The van der Waals surface area contributed by atoms with Crippen LogP contribution in [0.3, 0.4) is 0 Å². The van der Waals surface area contributed by atoms with E-state index >= 15 is 0 Å². The molecule has 0 radical (unpaired) electrons. The molecule has 0 amide bonds. The van der Waals surface area contributed by atoms with E-state index in [9.17, 15) is 4.79 Å². The zero-order chi connectivity index (χ0) is 11.1. The average Bonchev–Trinajstić information content (AvgIpc) is 2.57. The summed E-state index contributed by atoms with van der Waals surface area (Å²) in [5, 5.41) is 0. The van der Waals surface area contributed by atoms with Gasteiger partial charge in [0.1, 0.15) is 5.60 Å². The standard InChI is InChI=1S/C10H16O5/c1-7(11)14-8-4-10(5-12-8)6-13-9(2,3)15-10/h8H,4-6H2,1-3H3/t8?,10-/m1/s1. The Morgan fingerprint density at radius 3 is 2.67 bits per heavy atom. The van der Waals surface area contributed by atoms with Crippen LogP contribution in [-0.4, -0.2) is 36.9 Å². The first kappa shape index (κ1) is 10.9. The molecule has 0 bridgehead atoms. The predicted molar refractivity (Wildman–Crippen MR) is 50.0 cm³/mol. The van der Waals surface area contributed by atoms with Gasteiger partial charge in [-0.2, -0.15) is 0 Å². The Balaban J connectivity index is 1.95. The predicted octanol–water partition coefficient (Wildman–Crippen LogP) is 0.818. The van der Waals surface area contributed by atoms with Gasteiger partial charge in [-0.25, -0.2) is 0 Å². The molecule has 0 aromatic heterocycles. The van der Waals surface area contributed by atoms with Crippen molar-refractivity contribution in [3.63, 3.8) is 0 Å². The van der Waals surface area contributed by atoms with E-state index in [2.05, 4.69) is 0 Å². The van der Waals surface area contributed by atoms with E-state index in [1.807, 2.05) is 13.8 Å². The fraction of sp³-hybridized carbons (Fsp3) is 0.900. The van der Waals surface area contributed by atoms with Gasteiger partial charge in [0.25, 0.3) is 0 Å². The summed E-state index contributed by atoms with van der Waals surface area (Å²) in [6.45, 7) is 5.98. The van der Waals surface area contributed by atoms with Crippen LogP contribution in [0, 0.1) is 0 Å². The lowest BCUT2D eigenvalue weighted by Crippen LogP contribution is -2.35. The normalized spacial score (nSPS) is 38.5. The van der Waals surface area contributed by atoms with Crippen molar-refractivity contribution in [1.82, 2.24) is 0 Å². The lowest BCUT2D eigenvalue weighted by molar-refractivity contribution is -0.167. The van der Waals surface area contributed by atoms with Crippen LogP contribution in [-0.2, 0) is 23.7 Å². The quantitative estimate of drug-likeness (QED) is 0.607. The molecule has 2 saturated heterocycles. The molecule has 2 heterocycles. The molecule has 0 N–H and O–H groups in total. The summed E-state index contributed by atoms with van der Waals surface area (Å²) in [6, 6.07) is 0. The van der Waals surface area contributed by atoms with Gasteiger partial charge in [0, 0.05) is 13.3 Å². The molecule has 86 valence electrons. The van der Waals surface area contributed by atoms with Crippen LogP contribution in [0.5, 0.6) is 0 Å². The summed E-state index contributed by atoms with van der Waals surface area (Å²) < 4.78 is 21.6. The number of carbonyl (C=O) groups excluding carboxylic acids is 1. The minimum absolute atomic E-state index is 0.338. The molecule has 5 heteroatoms. The molecular formula is C10H16O5. The highest BCUT2D eigenvalue weighted by molar-refractivity contribution is 5.66. The molecule has 1 unspecified atom stereocenters. The molecule has 0 aromatic carbocycles. The zero-order valence-electron chi connectivity index (χ0n) is 9.24. The molecule has 2 atom stereocenters. The highest BCUT2D eigenvalue weighted by Gasteiger charge is 2.51.